The second kappa shape index (κ2) is 11.7. The van der Waals surface area contributed by atoms with Crippen LogP contribution in [0.2, 0.25) is 0 Å². The van der Waals surface area contributed by atoms with E-state index in [1.165, 1.54) is 5.56 Å². The third-order valence-corrected chi connectivity index (χ3v) is 6.41. The first kappa shape index (κ1) is 24.6. The maximum Gasteiger partial charge on any atom is 0.160 e. The zero-order valence-electron chi connectivity index (χ0n) is 21.2. The standard InChI is InChI=1S/C28H32N6O3/c1-35-24-11-10-20(16-25(24)36-2)6-5-9-26-31-27(17-28(32-26)34-12-14-37-15-13-34)33-30-19-21-18-29-23-8-4-3-7-22(21)23/h3-4,7-8,10-11,16-19,29H,5-6,9,12-15H2,1-2H3,(H,31,32,33). The van der Waals surface area contributed by atoms with Crippen molar-refractivity contribution in [3.05, 3.63) is 71.7 Å². The molecule has 37 heavy (non-hydrogen) atoms. The molecule has 3 heterocycles. The van der Waals surface area contributed by atoms with E-state index in [-0.39, 0.29) is 0 Å². The molecule has 0 radical (unpaired) electrons. The highest BCUT2D eigenvalue weighted by atomic mass is 16.5. The van der Waals surface area contributed by atoms with Crippen LogP contribution in [0.3, 0.4) is 0 Å². The monoisotopic (exact) mass is 500 g/mol. The first-order valence-electron chi connectivity index (χ1n) is 12.5. The van der Waals surface area contributed by atoms with E-state index in [1.54, 1.807) is 14.2 Å². The zero-order chi connectivity index (χ0) is 25.5. The second-order valence-electron chi connectivity index (χ2n) is 8.83. The Bertz CT molecular complexity index is 1360. The predicted molar refractivity (Wildman–Crippen MR) is 146 cm³/mol. The first-order valence-corrected chi connectivity index (χ1v) is 12.5. The molecule has 2 N–H and O–H groups in total. The summed E-state index contributed by atoms with van der Waals surface area (Å²) in [5.41, 5.74) is 6.40. The second-order valence-corrected chi connectivity index (χ2v) is 8.83. The Balaban J connectivity index is 1.30. The van der Waals surface area contributed by atoms with Crippen molar-refractivity contribution < 1.29 is 14.2 Å². The molecule has 5 rings (SSSR count). The van der Waals surface area contributed by atoms with Crippen molar-refractivity contribution in [1.82, 2.24) is 15.0 Å². The number of aromatic amines is 1. The highest BCUT2D eigenvalue weighted by molar-refractivity contribution is 5.99. The smallest absolute Gasteiger partial charge is 0.160 e. The molecule has 0 spiro atoms. The molecule has 1 aliphatic rings. The number of nitrogens with one attached hydrogen (secondary N) is 2. The molecule has 1 fully saturated rings. The lowest BCUT2D eigenvalue weighted by molar-refractivity contribution is 0.122. The number of para-hydroxylation sites is 1. The zero-order valence-corrected chi connectivity index (χ0v) is 21.2. The number of anilines is 2. The lowest BCUT2D eigenvalue weighted by atomic mass is 10.1. The van der Waals surface area contributed by atoms with E-state index in [0.29, 0.717) is 19.0 Å². The number of hydrogen-bond donors (Lipinski definition) is 2. The summed E-state index contributed by atoms with van der Waals surface area (Å²) in [6.07, 6.45) is 6.29. The van der Waals surface area contributed by atoms with Crippen LogP contribution < -0.4 is 19.8 Å². The summed E-state index contributed by atoms with van der Waals surface area (Å²) < 4.78 is 16.3. The Labute approximate surface area is 216 Å². The maximum atomic E-state index is 5.53. The van der Waals surface area contributed by atoms with Gasteiger partial charge in [0.1, 0.15) is 11.6 Å². The van der Waals surface area contributed by atoms with Gasteiger partial charge in [-0.3, -0.25) is 5.43 Å². The van der Waals surface area contributed by atoms with Crippen LogP contribution in [0.5, 0.6) is 11.5 Å². The minimum atomic E-state index is 0.675. The van der Waals surface area contributed by atoms with Crippen LogP contribution in [-0.4, -0.2) is 61.7 Å². The Morgan fingerprint density at radius 3 is 2.70 bits per heavy atom. The predicted octanol–water partition coefficient (Wildman–Crippen LogP) is 4.43. The van der Waals surface area contributed by atoms with Gasteiger partial charge in [0.15, 0.2) is 17.3 Å². The minimum Gasteiger partial charge on any atom is -0.493 e. The van der Waals surface area contributed by atoms with Gasteiger partial charge in [0.2, 0.25) is 0 Å². The topological polar surface area (TPSA) is 96.9 Å². The van der Waals surface area contributed by atoms with Gasteiger partial charge >= 0.3 is 0 Å². The number of morpholine rings is 1. The van der Waals surface area contributed by atoms with Crippen molar-refractivity contribution in [2.45, 2.75) is 19.3 Å². The van der Waals surface area contributed by atoms with Gasteiger partial charge < -0.3 is 24.1 Å². The highest BCUT2D eigenvalue weighted by Gasteiger charge is 2.15. The average Bonchev–Trinajstić information content (AvgIpc) is 3.36. The van der Waals surface area contributed by atoms with Crippen LogP contribution in [0.25, 0.3) is 10.9 Å². The molecule has 0 atom stereocenters. The van der Waals surface area contributed by atoms with Crippen LogP contribution >= 0.6 is 0 Å². The number of aromatic nitrogens is 3. The van der Waals surface area contributed by atoms with Crippen LogP contribution in [-0.2, 0) is 17.6 Å². The number of hydrogen-bond acceptors (Lipinski definition) is 8. The van der Waals surface area contributed by atoms with Crippen LogP contribution in [0.15, 0.2) is 59.8 Å². The quantitative estimate of drug-likeness (QED) is 0.246. The van der Waals surface area contributed by atoms with E-state index >= 15 is 0 Å². The fourth-order valence-electron chi connectivity index (χ4n) is 4.46. The van der Waals surface area contributed by atoms with Crippen molar-refractivity contribution in [3.8, 4) is 11.5 Å². The van der Waals surface area contributed by atoms with Crippen molar-refractivity contribution in [1.29, 1.82) is 0 Å². The summed E-state index contributed by atoms with van der Waals surface area (Å²) in [6, 6.07) is 16.1. The molecule has 9 nitrogen and oxygen atoms in total. The summed E-state index contributed by atoms with van der Waals surface area (Å²) in [6.45, 7) is 3.00. The van der Waals surface area contributed by atoms with Gasteiger partial charge in [0.25, 0.3) is 0 Å². The highest BCUT2D eigenvalue weighted by Crippen LogP contribution is 2.28. The summed E-state index contributed by atoms with van der Waals surface area (Å²) in [7, 11) is 3.30. The van der Waals surface area contributed by atoms with Crippen LogP contribution in [0.4, 0.5) is 11.6 Å². The Morgan fingerprint density at radius 2 is 1.86 bits per heavy atom. The third kappa shape index (κ3) is 6.00. The molecule has 4 aromatic rings. The van der Waals surface area contributed by atoms with Crippen molar-refractivity contribution in [2.75, 3.05) is 50.8 Å². The number of ether oxygens (including phenoxy) is 3. The molecular weight excluding hydrogens is 468 g/mol. The fourth-order valence-corrected chi connectivity index (χ4v) is 4.46. The summed E-state index contributed by atoms with van der Waals surface area (Å²) in [5, 5.41) is 5.60. The number of H-pyrrole nitrogens is 1. The van der Waals surface area contributed by atoms with Crippen molar-refractivity contribution in [3.63, 3.8) is 0 Å². The largest absolute Gasteiger partial charge is 0.493 e. The summed E-state index contributed by atoms with van der Waals surface area (Å²) in [5.74, 6) is 3.83. The lowest BCUT2D eigenvalue weighted by Gasteiger charge is -2.28. The van der Waals surface area contributed by atoms with Gasteiger partial charge in [-0.25, -0.2) is 9.97 Å². The Hall–Kier alpha value is -4.11. The number of benzene rings is 2. The van der Waals surface area contributed by atoms with E-state index in [1.807, 2.05) is 48.8 Å². The molecule has 0 bridgehead atoms. The number of methoxy groups -OCH3 is 2. The Kier molecular flexibility index (Phi) is 7.81. The molecule has 1 aliphatic heterocycles. The first-order chi connectivity index (χ1) is 18.2. The van der Waals surface area contributed by atoms with Gasteiger partial charge in [-0.1, -0.05) is 24.3 Å². The summed E-state index contributed by atoms with van der Waals surface area (Å²) >= 11 is 0. The number of aryl methyl sites for hydroxylation is 2. The molecule has 0 aliphatic carbocycles. The third-order valence-electron chi connectivity index (χ3n) is 6.41. The molecule has 0 unspecified atom stereocenters. The van der Waals surface area contributed by atoms with Crippen molar-refractivity contribution >= 4 is 28.8 Å². The molecule has 1 saturated heterocycles. The van der Waals surface area contributed by atoms with Gasteiger partial charge in [0, 0.05) is 48.2 Å². The SMILES string of the molecule is COc1ccc(CCCc2nc(NN=Cc3c[nH]c4ccccc34)cc(N3CCOCC3)n2)cc1OC. The van der Waals surface area contributed by atoms with Crippen LogP contribution in [0.1, 0.15) is 23.4 Å². The lowest BCUT2D eigenvalue weighted by Crippen LogP contribution is -2.37. The van der Waals surface area contributed by atoms with E-state index in [0.717, 1.165) is 72.0 Å². The maximum absolute atomic E-state index is 5.53. The molecule has 2 aromatic heterocycles. The number of hydrazone groups is 1. The fraction of sp³-hybridized carbons (Fsp3) is 0.321. The number of rotatable bonds is 10. The minimum absolute atomic E-state index is 0.675. The molecular formula is C28H32N6O3. The van der Waals surface area contributed by atoms with Gasteiger partial charge in [-0.15, -0.1) is 0 Å². The normalized spacial score (nSPS) is 13.8. The number of nitrogens with zero attached hydrogens (tertiary/aromatic N) is 4. The molecule has 0 saturated carbocycles. The van der Waals surface area contributed by atoms with Gasteiger partial charge in [-0.05, 0) is 36.6 Å². The summed E-state index contributed by atoms with van der Waals surface area (Å²) in [4.78, 5) is 15.1. The van der Waals surface area contributed by atoms with Crippen molar-refractivity contribution in [2.24, 2.45) is 5.10 Å². The number of fused-ring (bicyclic) bond motifs is 1. The van der Waals surface area contributed by atoms with Crippen LogP contribution in [0, 0.1) is 0 Å². The average molecular weight is 501 g/mol. The van der Waals surface area contributed by atoms with Gasteiger partial charge in [-0.2, -0.15) is 5.10 Å². The van der Waals surface area contributed by atoms with E-state index in [9.17, 15) is 0 Å². The Morgan fingerprint density at radius 1 is 1.03 bits per heavy atom. The molecule has 2 aromatic carbocycles. The molecule has 192 valence electrons. The van der Waals surface area contributed by atoms with E-state index < -0.39 is 0 Å². The molecule has 0 amide bonds. The van der Waals surface area contributed by atoms with Gasteiger partial charge in [0.05, 0.1) is 33.6 Å². The van der Waals surface area contributed by atoms with E-state index in [2.05, 4.69) is 32.5 Å². The molecule has 9 heteroatoms. The van der Waals surface area contributed by atoms with E-state index in [4.69, 9.17) is 24.2 Å².